The third kappa shape index (κ3) is 3.73. The van der Waals surface area contributed by atoms with E-state index in [4.69, 9.17) is 26.8 Å². The number of hydrogen-bond donors (Lipinski definition) is 1. The lowest BCUT2D eigenvalue weighted by molar-refractivity contribution is -0.139. The van der Waals surface area contributed by atoms with Crippen LogP contribution in [0.1, 0.15) is 25.3 Å². The van der Waals surface area contributed by atoms with Gasteiger partial charge in [-0.2, -0.15) is 5.26 Å². The lowest BCUT2D eigenvalue weighted by Gasteiger charge is -2.27. The number of nitriles is 1. The van der Waals surface area contributed by atoms with E-state index < -0.39 is 11.9 Å². The summed E-state index contributed by atoms with van der Waals surface area (Å²) in [5.41, 5.74) is 9.06. The summed E-state index contributed by atoms with van der Waals surface area (Å²) in [5, 5.41) is 10.3. The Morgan fingerprint density at radius 2 is 1.96 bits per heavy atom. The molecule has 0 bridgehead atoms. The normalized spacial score (nSPS) is 16.4. The predicted octanol–water partition coefficient (Wildman–Crippen LogP) is 4.65. The number of nitrogens with zero attached hydrogens (tertiary/aromatic N) is 1. The Labute approximate surface area is 168 Å². The summed E-state index contributed by atoms with van der Waals surface area (Å²) in [6.45, 7) is 3.58. The lowest BCUT2D eigenvalue weighted by Crippen LogP contribution is -2.25. The molecule has 0 amide bonds. The highest BCUT2D eigenvalue weighted by atomic mass is 35.5. The first-order chi connectivity index (χ1) is 13.5. The second-order valence-electron chi connectivity index (χ2n) is 6.25. The summed E-state index contributed by atoms with van der Waals surface area (Å²) in [4.78, 5) is 12.5. The summed E-state index contributed by atoms with van der Waals surface area (Å²) in [6, 6.07) is 17.2. The van der Waals surface area contributed by atoms with E-state index >= 15 is 0 Å². The average Bonchev–Trinajstić information content (AvgIpc) is 2.67. The molecule has 5 nitrogen and oxygen atoms in total. The van der Waals surface area contributed by atoms with E-state index in [1.54, 1.807) is 13.8 Å². The van der Waals surface area contributed by atoms with Gasteiger partial charge in [0.05, 0.1) is 18.1 Å². The van der Waals surface area contributed by atoms with Crippen molar-refractivity contribution in [2.75, 3.05) is 6.61 Å². The van der Waals surface area contributed by atoms with Crippen LogP contribution in [0.15, 0.2) is 71.3 Å². The molecular weight excluding hydrogens is 376 g/mol. The summed E-state index contributed by atoms with van der Waals surface area (Å²) in [5.74, 6) is -0.841. The molecule has 1 heterocycles. The molecule has 0 spiro atoms. The average molecular weight is 395 g/mol. The lowest BCUT2D eigenvalue weighted by atomic mass is 9.82. The van der Waals surface area contributed by atoms with Gasteiger partial charge in [0, 0.05) is 5.02 Å². The number of benzene rings is 2. The molecule has 28 heavy (non-hydrogen) atoms. The number of ether oxygens (including phenoxy) is 2. The Morgan fingerprint density at radius 1 is 1.25 bits per heavy atom. The molecule has 0 fully saturated rings. The molecule has 2 N–H and O–H groups in total. The molecule has 2 aromatic rings. The van der Waals surface area contributed by atoms with Gasteiger partial charge in [-0.25, -0.2) is 4.79 Å². The minimum atomic E-state index is -0.647. The molecule has 6 heteroatoms. The van der Waals surface area contributed by atoms with Crippen molar-refractivity contribution in [1.82, 2.24) is 0 Å². The predicted molar refractivity (Wildman–Crippen MR) is 107 cm³/mol. The number of nitrogens with two attached hydrogens (primary N) is 1. The fourth-order valence-corrected chi connectivity index (χ4v) is 3.41. The zero-order valence-corrected chi connectivity index (χ0v) is 16.3. The molecule has 142 valence electrons. The van der Waals surface area contributed by atoms with Gasteiger partial charge in [-0.15, -0.1) is 0 Å². The first-order valence-electron chi connectivity index (χ1n) is 8.77. The van der Waals surface area contributed by atoms with Gasteiger partial charge in [0.25, 0.3) is 0 Å². The van der Waals surface area contributed by atoms with E-state index in [-0.39, 0.29) is 23.6 Å². The molecular formula is C22H19ClN2O3. The maximum absolute atomic E-state index is 12.5. The first-order valence-corrected chi connectivity index (χ1v) is 9.15. The molecule has 0 radical (unpaired) electrons. The monoisotopic (exact) mass is 394 g/mol. The minimum Gasteiger partial charge on any atom is -0.463 e. The van der Waals surface area contributed by atoms with Crippen LogP contribution in [0, 0.1) is 11.3 Å². The van der Waals surface area contributed by atoms with Gasteiger partial charge < -0.3 is 15.2 Å². The number of rotatable bonds is 4. The summed E-state index contributed by atoms with van der Waals surface area (Å²) in [6.07, 6.45) is 0. The van der Waals surface area contributed by atoms with Crippen molar-refractivity contribution in [2.45, 2.75) is 19.8 Å². The molecule has 0 saturated heterocycles. The number of carbonyl (C=O) groups is 1. The van der Waals surface area contributed by atoms with Crippen molar-refractivity contribution in [1.29, 1.82) is 5.26 Å². The van der Waals surface area contributed by atoms with E-state index in [2.05, 4.69) is 6.07 Å². The zero-order chi connectivity index (χ0) is 20.3. The fraction of sp³-hybridized carbons (Fsp3) is 0.182. The van der Waals surface area contributed by atoms with Crippen LogP contribution >= 0.6 is 11.6 Å². The maximum atomic E-state index is 12.5. The molecule has 0 saturated carbocycles. The number of esters is 1. The van der Waals surface area contributed by atoms with E-state index in [0.717, 1.165) is 16.7 Å². The molecule has 1 atom stereocenters. The van der Waals surface area contributed by atoms with Crippen LogP contribution in [-0.4, -0.2) is 12.6 Å². The molecule has 0 aliphatic carbocycles. The second-order valence-corrected chi connectivity index (χ2v) is 6.68. The standard InChI is InChI=1S/C22H19ClN2O3/c1-3-27-22(26)19-13(2)28-21(25)18(12-24)20(19)15-9-7-14(8-10-15)16-5-4-6-17(23)11-16/h4-11,20H,3,25H2,1-2H3. The Hall–Kier alpha value is -3.23. The summed E-state index contributed by atoms with van der Waals surface area (Å²) in [7, 11) is 0. The number of hydrogen-bond acceptors (Lipinski definition) is 5. The third-order valence-corrected chi connectivity index (χ3v) is 4.74. The van der Waals surface area contributed by atoms with Crippen LogP contribution < -0.4 is 5.73 Å². The molecule has 1 aliphatic rings. The minimum absolute atomic E-state index is 0.00281. The van der Waals surface area contributed by atoms with Crippen molar-refractivity contribution < 1.29 is 14.3 Å². The van der Waals surface area contributed by atoms with Gasteiger partial charge in [0.2, 0.25) is 5.88 Å². The van der Waals surface area contributed by atoms with Gasteiger partial charge in [-0.05, 0) is 42.7 Å². The van der Waals surface area contributed by atoms with Crippen LogP contribution in [0.4, 0.5) is 0 Å². The largest absolute Gasteiger partial charge is 0.463 e. The second kappa shape index (κ2) is 8.20. The van der Waals surface area contributed by atoms with Gasteiger partial charge >= 0.3 is 5.97 Å². The van der Waals surface area contributed by atoms with Crippen molar-refractivity contribution >= 4 is 17.6 Å². The van der Waals surface area contributed by atoms with E-state index in [0.29, 0.717) is 10.8 Å². The quantitative estimate of drug-likeness (QED) is 0.762. The van der Waals surface area contributed by atoms with Gasteiger partial charge in [0.15, 0.2) is 0 Å². The highest BCUT2D eigenvalue weighted by molar-refractivity contribution is 6.30. The topological polar surface area (TPSA) is 85.3 Å². The highest BCUT2D eigenvalue weighted by Gasteiger charge is 2.36. The van der Waals surface area contributed by atoms with Gasteiger partial charge in [-0.1, -0.05) is 48.0 Å². The van der Waals surface area contributed by atoms with Crippen molar-refractivity contribution in [2.24, 2.45) is 5.73 Å². The maximum Gasteiger partial charge on any atom is 0.338 e. The first kappa shape index (κ1) is 19.5. The van der Waals surface area contributed by atoms with Gasteiger partial charge in [0.1, 0.15) is 17.4 Å². The SMILES string of the molecule is CCOC(=O)C1=C(C)OC(N)=C(C#N)C1c1ccc(-c2cccc(Cl)c2)cc1. The number of halogens is 1. The number of carbonyl (C=O) groups excluding carboxylic acids is 1. The van der Waals surface area contributed by atoms with Crippen LogP contribution in [0.2, 0.25) is 5.02 Å². The highest BCUT2D eigenvalue weighted by Crippen LogP contribution is 2.40. The third-order valence-electron chi connectivity index (χ3n) is 4.50. The van der Waals surface area contributed by atoms with Crippen LogP contribution in [-0.2, 0) is 14.3 Å². The van der Waals surface area contributed by atoms with Crippen LogP contribution in [0.25, 0.3) is 11.1 Å². The van der Waals surface area contributed by atoms with Gasteiger partial charge in [-0.3, -0.25) is 0 Å². The summed E-state index contributed by atoms with van der Waals surface area (Å²) >= 11 is 6.07. The molecule has 1 aliphatic heterocycles. The Kier molecular flexibility index (Phi) is 5.72. The Morgan fingerprint density at radius 3 is 2.57 bits per heavy atom. The Bertz CT molecular complexity index is 1020. The molecule has 1 unspecified atom stereocenters. The smallest absolute Gasteiger partial charge is 0.338 e. The van der Waals surface area contributed by atoms with Crippen molar-refractivity contribution in [3.63, 3.8) is 0 Å². The summed E-state index contributed by atoms with van der Waals surface area (Å²) < 4.78 is 10.6. The van der Waals surface area contributed by atoms with Crippen LogP contribution in [0.5, 0.6) is 0 Å². The van der Waals surface area contributed by atoms with Crippen LogP contribution in [0.3, 0.4) is 0 Å². The molecule has 0 aromatic heterocycles. The fourth-order valence-electron chi connectivity index (χ4n) is 3.22. The molecule has 3 rings (SSSR count). The van der Waals surface area contributed by atoms with Crippen molar-refractivity contribution in [3.8, 4) is 17.2 Å². The molecule has 2 aromatic carbocycles. The van der Waals surface area contributed by atoms with E-state index in [1.165, 1.54) is 0 Å². The Balaban J connectivity index is 2.06. The van der Waals surface area contributed by atoms with E-state index in [1.807, 2.05) is 48.5 Å². The number of allylic oxidation sites excluding steroid dienone is 2. The van der Waals surface area contributed by atoms with Crippen molar-refractivity contribution in [3.05, 3.63) is 81.9 Å². The zero-order valence-electron chi connectivity index (χ0n) is 15.5. The van der Waals surface area contributed by atoms with E-state index in [9.17, 15) is 10.1 Å².